The molecular formula is C18H24N4O. The number of carbonyl (C=O) groups is 1. The molecule has 1 N–H and O–H groups in total. The molecule has 0 radical (unpaired) electrons. The molecule has 0 aliphatic rings. The Bertz CT molecular complexity index is 680. The predicted octanol–water partition coefficient (Wildman–Crippen LogP) is 2.87. The van der Waals surface area contributed by atoms with Crippen LogP contribution in [0.5, 0.6) is 0 Å². The standard InChI is InChI=1S/C18H24N4O/c1-5-22(6-2)17-11-16(20-14(4)21-17)18(23)19-12-15-10-8-7-9-13(15)3/h7-11H,5-6,12H2,1-4H3,(H,19,23). The minimum Gasteiger partial charge on any atom is -0.357 e. The first kappa shape index (κ1) is 16.9. The van der Waals surface area contributed by atoms with Crippen molar-refractivity contribution in [3.8, 4) is 0 Å². The number of aromatic nitrogens is 2. The van der Waals surface area contributed by atoms with Crippen LogP contribution >= 0.6 is 0 Å². The van der Waals surface area contributed by atoms with Gasteiger partial charge in [0, 0.05) is 25.7 Å². The maximum atomic E-state index is 12.4. The lowest BCUT2D eigenvalue weighted by Crippen LogP contribution is -2.27. The second-order valence-corrected chi connectivity index (χ2v) is 5.44. The fourth-order valence-corrected chi connectivity index (χ4v) is 2.45. The molecule has 1 aromatic carbocycles. The van der Waals surface area contributed by atoms with Crippen molar-refractivity contribution in [3.63, 3.8) is 0 Å². The van der Waals surface area contributed by atoms with E-state index >= 15 is 0 Å². The predicted molar refractivity (Wildman–Crippen MR) is 92.7 cm³/mol. The normalized spacial score (nSPS) is 10.4. The van der Waals surface area contributed by atoms with Crippen molar-refractivity contribution >= 4 is 11.7 Å². The Morgan fingerprint density at radius 2 is 1.83 bits per heavy atom. The summed E-state index contributed by atoms with van der Waals surface area (Å²) >= 11 is 0. The highest BCUT2D eigenvalue weighted by Crippen LogP contribution is 2.13. The lowest BCUT2D eigenvalue weighted by atomic mass is 10.1. The molecule has 0 unspecified atom stereocenters. The topological polar surface area (TPSA) is 58.1 Å². The smallest absolute Gasteiger partial charge is 0.270 e. The van der Waals surface area contributed by atoms with Crippen LogP contribution < -0.4 is 10.2 Å². The molecule has 5 nitrogen and oxygen atoms in total. The Balaban J connectivity index is 2.14. The summed E-state index contributed by atoms with van der Waals surface area (Å²) in [6, 6.07) is 9.77. The highest BCUT2D eigenvalue weighted by molar-refractivity contribution is 5.92. The molecule has 0 saturated carbocycles. The average molecular weight is 312 g/mol. The molecule has 0 bridgehead atoms. The highest BCUT2D eigenvalue weighted by Gasteiger charge is 2.13. The maximum Gasteiger partial charge on any atom is 0.270 e. The third-order valence-electron chi connectivity index (χ3n) is 3.85. The number of nitrogens with one attached hydrogen (secondary N) is 1. The number of benzene rings is 1. The van der Waals surface area contributed by atoms with Crippen LogP contribution in [0.4, 0.5) is 5.82 Å². The molecule has 0 atom stereocenters. The molecule has 1 aromatic heterocycles. The number of anilines is 1. The zero-order valence-electron chi connectivity index (χ0n) is 14.3. The SMILES string of the molecule is CCN(CC)c1cc(C(=O)NCc2ccccc2C)nc(C)n1. The molecule has 5 heteroatoms. The number of hydrogen-bond donors (Lipinski definition) is 1. The molecule has 2 rings (SSSR count). The van der Waals surface area contributed by atoms with E-state index in [1.54, 1.807) is 6.07 Å². The van der Waals surface area contributed by atoms with E-state index in [0.717, 1.165) is 30.0 Å². The molecule has 1 amide bonds. The summed E-state index contributed by atoms with van der Waals surface area (Å²) in [6.45, 7) is 10.2. The van der Waals surface area contributed by atoms with Gasteiger partial charge in [-0.2, -0.15) is 0 Å². The van der Waals surface area contributed by atoms with Gasteiger partial charge >= 0.3 is 0 Å². The van der Waals surface area contributed by atoms with E-state index in [0.29, 0.717) is 18.1 Å². The fourth-order valence-electron chi connectivity index (χ4n) is 2.45. The van der Waals surface area contributed by atoms with Gasteiger partial charge in [-0.25, -0.2) is 9.97 Å². The molecule has 0 aliphatic heterocycles. The largest absolute Gasteiger partial charge is 0.357 e. The van der Waals surface area contributed by atoms with E-state index in [4.69, 9.17) is 0 Å². The number of carbonyl (C=O) groups excluding carboxylic acids is 1. The molecule has 1 heterocycles. The van der Waals surface area contributed by atoms with Gasteiger partial charge in [-0.1, -0.05) is 24.3 Å². The summed E-state index contributed by atoms with van der Waals surface area (Å²) in [5.41, 5.74) is 2.68. The lowest BCUT2D eigenvalue weighted by Gasteiger charge is -2.20. The van der Waals surface area contributed by atoms with Gasteiger partial charge < -0.3 is 10.2 Å². The first-order valence-corrected chi connectivity index (χ1v) is 7.98. The van der Waals surface area contributed by atoms with Crippen molar-refractivity contribution in [1.82, 2.24) is 15.3 Å². The van der Waals surface area contributed by atoms with Crippen LogP contribution in [-0.4, -0.2) is 29.0 Å². The molecule has 0 fully saturated rings. The monoisotopic (exact) mass is 312 g/mol. The molecule has 122 valence electrons. The van der Waals surface area contributed by atoms with Gasteiger partial charge in [0.1, 0.15) is 17.3 Å². The van der Waals surface area contributed by atoms with E-state index < -0.39 is 0 Å². The van der Waals surface area contributed by atoms with Crippen molar-refractivity contribution in [1.29, 1.82) is 0 Å². The number of amides is 1. The molecule has 0 aliphatic carbocycles. The number of rotatable bonds is 6. The zero-order chi connectivity index (χ0) is 16.8. The molecule has 0 saturated heterocycles. The van der Waals surface area contributed by atoms with Crippen molar-refractivity contribution in [2.24, 2.45) is 0 Å². The highest BCUT2D eigenvalue weighted by atomic mass is 16.1. The summed E-state index contributed by atoms with van der Waals surface area (Å²) in [4.78, 5) is 23.2. The second-order valence-electron chi connectivity index (χ2n) is 5.44. The van der Waals surface area contributed by atoms with Crippen LogP contribution in [0, 0.1) is 13.8 Å². The Hall–Kier alpha value is -2.43. The van der Waals surface area contributed by atoms with Gasteiger partial charge in [-0.05, 0) is 38.8 Å². The Kier molecular flexibility index (Phi) is 5.68. The van der Waals surface area contributed by atoms with Crippen molar-refractivity contribution in [2.75, 3.05) is 18.0 Å². The van der Waals surface area contributed by atoms with Gasteiger partial charge in [0.15, 0.2) is 0 Å². The van der Waals surface area contributed by atoms with Gasteiger partial charge in [-0.3, -0.25) is 4.79 Å². The number of nitrogens with zero attached hydrogens (tertiary/aromatic N) is 3. The van der Waals surface area contributed by atoms with Crippen molar-refractivity contribution < 1.29 is 4.79 Å². The second kappa shape index (κ2) is 7.72. The quantitative estimate of drug-likeness (QED) is 0.891. The summed E-state index contributed by atoms with van der Waals surface area (Å²) < 4.78 is 0. The Morgan fingerprint density at radius 3 is 2.48 bits per heavy atom. The third kappa shape index (κ3) is 4.28. The maximum absolute atomic E-state index is 12.4. The molecule has 23 heavy (non-hydrogen) atoms. The third-order valence-corrected chi connectivity index (χ3v) is 3.85. The first-order chi connectivity index (χ1) is 11.0. The van der Waals surface area contributed by atoms with Crippen molar-refractivity contribution in [3.05, 3.63) is 53.0 Å². The first-order valence-electron chi connectivity index (χ1n) is 7.98. The van der Waals surface area contributed by atoms with Crippen LogP contribution in [0.15, 0.2) is 30.3 Å². The van der Waals surface area contributed by atoms with E-state index in [1.807, 2.05) is 38.1 Å². The summed E-state index contributed by atoms with van der Waals surface area (Å²) in [7, 11) is 0. The molecular weight excluding hydrogens is 288 g/mol. The molecule has 2 aromatic rings. The van der Waals surface area contributed by atoms with Crippen LogP contribution in [-0.2, 0) is 6.54 Å². The Morgan fingerprint density at radius 1 is 1.13 bits per heavy atom. The minimum atomic E-state index is -0.174. The van der Waals surface area contributed by atoms with E-state index in [2.05, 4.69) is 34.0 Å². The van der Waals surface area contributed by atoms with Gasteiger partial charge in [0.2, 0.25) is 0 Å². The summed E-state index contributed by atoms with van der Waals surface area (Å²) in [6.07, 6.45) is 0. The lowest BCUT2D eigenvalue weighted by molar-refractivity contribution is 0.0945. The molecule has 0 spiro atoms. The van der Waals surface area contributed by atoms with Gasteiger partial charge in [0.05, 0.1) is 0 Å². The zero-order valence-corrected chi connectivity index (χ0v) is 14.3. The van der Waals surface area contributed by atoms with Gasteiger partial charge in [0.25, 0.3) is 5.91 Å². The van der Waals surface area contributed by atoms with Crippen LogP contribution in [0.1, 0.15) is 41.3 Å². The van der Waals surface area contributed by atoms with Crippen LogP contribution in [0.25, 0.3) is 0 Å². The van der Waals surface area contributed by atoms with Crippen LogP contribution in [0.3, 0.4) is 0 Å². The Labute approximate surface area is 137 Å². The van der Waals surface area contributed by atoms with Gasteiger partial charge in [-0.15, -0.1) is 0 Å². The van der Waals surface area contributed by atoms with E-state index in [9.17, 15) is 4.79 Å². The summed E-state index contributed by atoms with van der Waals surface area (Å²) in [5, 5.41) is 2.94. The van der Waals surface area contributed by atoms with Crippen molar-refractivity contribution in [2.45, 2.75) is 34.2 Å². The summed E-state index contributed by atoms with van der Waals surface area (Å²) in [5.74, 6) is 1.23. The van der Waals surface area contributed by atoms with Crippen LogP contribution in [0.2, 0.25) is 0 Å². The van der Waals surface area contributed by atoms with E-state index in [-0.39, 0.29) is 5.91 Å². The fraction of sp³-hybridized carbons (Fsp3) is 0.389. The average Bonchev–Trinajstić information content (AvgIpc) is 2.54. The number of aryl methyl sites for hydroxylation is 2. The van der Waals surface area contributed by atoms with E-state index in [1.165, 1.54) is 0 Å². The minimum absolute atomic E-state index is 0.174. The number of hydrogen-bond acceptors (Lipinski definition) is 4.